The van der Waals surface area contributed by atoms with Crippen LogP contribution in [0, 0.1) is 5.92 Å². The molecule has 26 heavy (non-hydrogen) atoms. The summed E-state index contributed by atoms with van der Waals surface area (Å²) in [7, 11) is 1.34. The smallest absolute Gasteiger partial charge is 0.310 e. The van der Waals surface area contributed by atoms with E-state index in [0.717, 1.165) is 0 Å². The van der Waals surface area contributed by atoms with E-state index >= 15 is 0 Å². The van der Waals surface area contributed by atoms with Crippen molar-refractivity contribution < 1.29 is 19.1 Å². The summed E-state index contributed by atoms with van der Waals surface area (Å²) >= 11 is 0. The number of benzene rings is 1. The van der Waals surface area contributed by atoms with Crippen LogP contribution < -0.4 is 5.32 Å². The Morgan fingerprint density at radius 1 is 1.15 bits per heavy atom. The number of methoxy groups -OCH3 is 1. The van der Waals surface area contributed by atoms with Gasteiger partial charge < -0.3 is 15.0 Å². The summed E-state index contributed by atoms with van der Waals surface area (Å²) < 4.78 is 4.75. The normalized spacial score (nSPS) is 16.2. The number of carbonyl (C=O) groups is 3. The van der Waals surface area contributed by atoms with Crippen LogP contribution in [-0.2, 0) is 9.53 Å². The number of para-hydroxylation sites is 1. The highest BCUT2D eigenvalue weighted by atomic mass is 16.5. The van der Waals surface area contributed by atoms with Crippen molar-refractivity contribution >= 4 is 23.5 Å². The molecule has 0 saturated carbocycles. The van der Waals surface area contributed by atoms with E-state index in [9.17, 15) is 14.4 Å². The number of carbonyl (C=O) groups excluding carboxylic acids is 3. The van der Waals surface area contributed by atoms with Gasteiger partial charge in [0.15, 0.2) is 0 Å². The van der Waals surface area contributed by atoms with Crippen LogP contribution in [0.1, 0.15) is 27.3 Å². The molecule has 0 radical (unpaired) electrons. The van der Waals surface area contributed by atoms with Crippen LogP contribution in [-0.4, -0.2) is 47.9 Å². The quantitative estimate of drug-likeness (QED) is 0.849. The number of nitrogens with one attached hydrogen (secondary N) is 1. The van der Waals surface area contributed by atoms with Crippen LogP contribution in [0.25, 0.3) is 0 Å². The molecular weight excluding hydrogens is 334 g/mol. The number of nitrogens with zero attached hydrogens (tertiary/aromatic N) is 2. The molecular formula is C19H19N3O4. The molecule has 0 aliphatic carbocycles. The Morgan fingerprint density at radius 2 is 1.92 bits per heavy atom. The van der Waals surface area contributed by atoms with Gasteiger partial charge in [0.1, 0.15) is 5.69 Å². The number of hydrogen-bond acceptors (Lipinski definition) is 5. The van der Waals surface area contributed by atoms with Gasteiger partial charge in [0.05, 0.1) is 24.3 Å². The number of hydrogen-bond donors (Lipinski definition) is 1. The molecule has 1 atom stereocenters. The third kappa shape index (κ3) is 3.72. The van der Waals surface area contributed by atoms with Crippen molar-refractivity contribution in [1.29, 1.82) is 0 Å². The monoisotopic (exact) mass is 353 g/mol. The summed E-state index contributed by atoms with van der Waals surface area (Å²) in [6.07, 6.45) is 2.10. The minimum Gasteiger partial charge on any atom is -0.469 e. The first-order valence-corrected chi connectivity index (χ1v) is 8.28. The highest BCUT2D eigenvalue weighted by Crippen LogP contribution is 2.23. The number of anilines is 1. The van der Waals surface area contributed by atoms with Gasteiger partial charge in [0.25, 0.3) is 11.8 Å². The van der Waals surface area contributed by atoms with Gasteiger partial charge in [-0.15, -0.1) is 0 Å². The molecule has 1 saturated heterocycles. The van der Waals surface area contributed by atoms with Crippen molar-refractivity contribution in [3.8, 4) is 0 Å². The Kier molecular flexibility index (Phi) is 5.26. The second-order valence-electron chi connectivity index (χ2n) is 5.97. The lowest BCUT2D eigenvalue weighted by molar-refractivity contribution is -0.144. The van der Waals surface area contributed by atoms with Gasteiger partial charge in [-0.2, -0.15) is 0 Å². The van der Waals surface area contributed by atoms with Crippen LogP contribution in [0.15, 0.2) is 48.7 Å². The van der Waals surface area contributed by atoms with E-state index in [1.165, 1.54) is 13.3 Å². The van der Waals surface area contributed by atoms with Crippen molar-refractivity contribution in [1.82, 2.24) is 9.88 Å². The number of aromatic nitrogens is 1. The lowest BCUT2D eigenvalue weighted by Gasteiger charge is -2.18. The molecule has 1 aromatic carbocycles. The standard InChI is InChI=1S/C19H19N3O4/c1-26-19(25)13-9-11-22(12-13)18(24)14-6-2-3-7-15(14)21-17(23)16-8-4-5-10-20-16/h2-8,10,13H,9,11-12H2,1H3,(H,21,23). The van der Waals surface area contributed by atoms with Crippen LogP contribution in [0.3, 0.4) is 0 Å². The SMILES string of the molecule is COC(=O)C1CCN(C(=O)c2ccccc2NC(=O)c2ccccn2)C1. The van der Waals surface area contributed by atoms with Gasteiger partial charge in [-0.25, -0.2) is 0 Å². The highest BCUT2D eigenvalue weighted by Gasteiger charge is 2.32. The Morgan fingerprint density at radius 3 is 2.65 bits per heavy atom. The summed E-state index contributed by atoms with van der Waals surface area (Å²) in [4.78, 5) is 42.5. The first kappa shape index (κ1) is 17.6. The van der Waals surface area contributed by atoms with Crippen LogP contribution in [0.4, 0.5) is 5.69 Å². The molecule has 1 N–H and O–H groups in total. The van der Waals surface area contributed by atoms with Gasteiger partial charge in [-0.05, 0) is 30.7 Å². The number of pyridine rings is 1. The molecule has 0 bridgehead atoms. The first-order valence-electron chi connectivity index (χ1n) is 8.28. The summed E-state index contributed by atoms with van der Waals surface area (Å²) in [6, 6.07) is 11.8. The predicted molar refractivity (Wildman–Crippen MR) is 94.7 cm³/mol. The van der Waals surface area contributed by atoms with E-state index < -0.39 is 0 Å². The third-order valence-corrected chi connectivity index (χ3v) is 4.31. The topological polar surface area (TPSA) is 88.6 Å². The van der Waals surface area contributed by atoms with Crippen molar-refractivity contribution in [2.24, 2.45) is 5.92 Å². The molecule has 134 valence electrons. The lowest BCUT2D eigenvalue weighted by atomic mass is 10.1. The average Bonchev–Trinajstić information content (AvgIpc) is 3.18. The molecule has 0 spiro atoms. The van der Waals surface area contributed by atoms with Crippen molar-refractivity contribution in [2.45, 2.75) is 6.42 Å². The molecule has 3 rings (SSSR count). The summed E-state index contributed by atoms with van der Waals surface area (Å²) in [5.74, 6) is -1.23. The number of likely N-dealkylation sites (tertiary alicyclic amines) is 1. The zero-order valence-electron chi connectivity index (χ0n) is 14.3. The molecule has 2 aromatic rings. The molecule has 1 aliphatic rings. The van der Waals surface area contributed by atoms with E-state index in [0.29, 0.717) is 30.8 Å². The maximum atomic E-state index is 12.8. The van der Waals surface area contributed by atoms with E-state index in [2.05, 4.69) is 10.3 Å². The zero-order chi connectivity index (χ0) is 18.5. The maximum Gasteiger partial charge on any atom is 0.310 e. The molecule has 2 amide bonds. The second kappa shape index (κ2) is 7.77. The minimum absolute atomic E-state index is 0.228. The van der Waals surface area contributed by atoms with E-state index in [4.69, 9.17) is 4.74 Å². The third-order valence-electron chi connectivity index (χ3n) is 4.31. The molecule has 7 nitrogen and oxygen atoms in total. The Balaban J connectivity index is 1.76. The number of ether oxygens (including phenoxy) is 1. The average molecular weight is 353 g/mol. The van der Waals surface area contributed by atoms with Crippen molar-refractivity contribution in [2.75, 3.05) is 25.5 Å². The first-order chi connectivity index (χ1) is 12.6. The maximum absolute atomic E-state index is 12.8. The summed E-state index contributed by atoms with van der Waals surface area (Å²) in [5, 5.41) is 2.74. The Hall–Kier alpha value is -3.22. The van der Waals surface area contributed by atoms with Gasteiger partial charge in [0.2, 0.25) is 0 Å². The minimum atomic E-state index is -0.389. The van der Waals surface area contributed by atoms with Crippen molar-refractivity contribution in [3.05, 3.63) is 59.9 Å². The van der Waals surface area contributed by atoms with Gasteiger partial charge in [-0.3, -0.25) is 19.4 Å². The molecule has 1 aromatic heterocycles. The predicted octanol–water partition coefficient (Wildman–Crippen LogP) is 1.97. The highest BCUT2D eigenvalue weighted by molar-refractivity contribution is 6.08. The van der Waals surface area contributed by atoms with Crippen LogP contribution >= 0.6 is 0 Å². The van der Waals surface area contributed by atoms with Gasteiger partial charge >= 0.3 is 5.97 Å². The van der Waals surface area contributed by atoms with E-state index in [-0.39, 0.29) is 29.4 Å². The summed E-state index contributed by atoms with van der Waals surface area (Å²) in [5.41, 5.74) is 1.05. The molecule has 1 fully saturated rings. The Labute approximate surface area is 151 Å². The van der Waals surface area contributed by atoms with Crippen molar-refractivity contribution in [3.63, 3.8) is 0 Å². The van der Waals surface area contributed by atoms with Gasteiger partial charge in [0, 0.05) is 19.3 Å². The van der Waals surface area contributed by atoms with Crippen LogP contribution in [0.5, 0.6) is 0 Å². The molecule has 2 heterocycles. The fourth-order valence-corrected chi connectivity index (χ4v) is 2.94. The molecule has 1 aliphatic heterocycles. The number of rotatable bonds is 4. The Bertz CT molecular complexity index is 823. The largest absolute Gasteiger partial charge is 0.469 e. The fourth-order valence-electron chi connectivity index (χ4n) is 2.94. The zero-order valence-corrected chi connectivity index (χ0v) is 14.3. The van der Waals surface area contributed by atoms with Crippen LogP contribution in [0.2, 0.25) is 0 Å². The summed E-state index contributed by atoms with van der Waals surface area (Å²) in [6.45, 7) is 0.787. The fraction of sp³-hybridized carbons (Fsp3) is 0.263. The van der Waals surface area contributed by atoms with E-state index in [1.807, 2.05) is 0 Å². The molecule has 1 unspecified atom stereocenters. The van der Waals surface area contributed by atoms with Gasteiger partial charge in [-0.1, -0.05) is 18.2 Å². The molecule has 7 heteroatoms. The number of esters is 1. The number of amides is 2. The second-order valence-corrected chi connectivity index (χ2v) is 5.97. The van der Waals surface area contributed by atoms with E-state index in [1.54, 1.807) is 47.4 Å². The lowest BCUT2D eigenvalue weighted by Crippen LogP contribution is -2.31.